The second-order valence-electron chi connectivity index (χ2n) is 16.5. The van der Waals surface area contributed by atoms with Crippen LogP contribution in [0.25, 0.3) is 0 Å². The van der Waals surface area contributed by atoms with E-state index in [-0.39, 0.29) is 48.6 Å². The zero-order chi connectivity index (χ0) is 46.2. The number of carbonyl (C=O) groups excluding carboxylic acids is 2. The van der Waals surface area contributed by atoms with Crippen LogP contribution in [0.15, 0.2) is 115 Å². The summed E-state index contributed by atoms with van der Waals surface area (Å²) >= 11 is 0. The zero-order valence-electron chi connectivity index (χ0n) is 37.6. The van der Waals surface area contributed by atoms with Gasteiger partial charge in [0.25, 0.3) is 5.91 Å². The molecular weight excluding hydrogens is 855 g/mol. The van der Waals surface area contributed by atoms with Gasteiger partial charge < -0.3 is 34.3 Å². The molecule has 2 amide bonds. The number of nitrogens with zero attached hydrogens (tertiary/aromatic N) is 5. The van der Waals surface area contributed by atoms with Crippen LogP contribution in [0.4, 0.5) is 5.69 Å². The lowest BCUT2D eigenvalue weighted by Crippen LogP contribution is -2.37. The van der Waals surface area contributed by atoms with Gasteiger partial charge in [-0.15, -0.1) is 0 Å². The Morgan fingerprint density at radius 3 is 2.03 bits per heavy atom. The van der Waals surface area contributed by atoms with Gasteiger partial charge in [0.2, 0.25) is 5.91 Å². The maximum Gasteiger partial charge on any atom is 0.354 e. The molecule has 0 spiro atoms. The number of pyridine rings is 2. The molecule has 3 aromatic carbocycles. The lowest BCUT2D eigenvalue weighted by atomic mass is 9.88. The average molecular weight is 914 g/mol. The highest BCUT2D eigenvalue weighted by molar-refractivity contribution is 5.96. The first-order valence-corrected chi connectivity index (χ1v) is 22.9. The Bertz CT molecular complexity index is 2370. The van der Waals surface area contributed by atoms with Gasteiger partial charge in [-0.3, -0.25) is 24.4 Å². The van der Waals surface area contributed by atoms with E-state index in [1.807, 2.05) is 89.8 Å². The van der Waals surface area contributed by atoms with Crippen molar-refractivity contribution < 1.29 is 38.4 Å². The summed E-state index contributed by atoms with van der Waals surface area (Å²) in [7, 11) is 0. The van der Waals surface area contributed by atoms with E-state index >= 15 is 0 Å². The number of carbonyl (C=O) groups is 3. The lowest BCUT2D eigenvalue weighted by molar-refractivity contribution is -0.118. The van der Waals surface area contributed by atoms with Crippen LogP contribution >= 0.6 is 0 Å². The van der Waals surface area contributed by atoms with Crippen molar-refractivity contribution in [3.05, 3.63) is 160 Å². The first kappa shape index (κ1) is 47.5. The molecule has 8 rings (SSSR count). The summed E-state index contributed by atoms with van der Waals surface area (Å²) in [4.78, 5) is 54.3. The number of benzene rings is 3. The van der Waals surface area contributed by atoms with Crippen LogP contribution in [-0.2, 0) is 36.8 Å². The number of carboxylic acid groups (broad SMARTS) is 1. The second-order valence-corrected chi connectivity index (χ2v) is 16.5. The molecular formula is C50H59N9O8. The minimum Gasteiger partial charge on any atom is -0.477 e. The Morgan fingerprint density at radius 2 is 1.34 bits per heavy atom. The number of fused-ring (bicyclic) bond motifs is 5. The van der Waals surface area contributed by atoms with E-state index in [0.29, 0.717) is 103 Å². The molecule has 67 heavy (non-hydrogen) atoms. The summed E-state index contributed by atoms with van der Waals surface area (Å²) in [5.74, 6) is -1.41. The zero-order valence-corrected chi connectivity index (χ0v) is 37.6. The van der Waals surface area contributed by atoms with Crippen molar-refractivity contribution in [2.75, 3.05) is 90.5 Å². The lowest BCUT2D eigenvalue weighted by Gasteiger charge is -2.33. The number of amides is 2. The van der Waals surface area contributed by atoms with Gasteiger partial charge in [0.15, 0.2) is 0 Å². The van der Waals surface area contributed by atoms with Crippen molar-refractivity contribution in [1.82, 2.24) is 41.5 Å². The minimum atomic E-state index is -1.06. The monoisotopic (exact) mass is 913 g/mol. The third kappa shape index (κ3) is 12.7. The molecule has 2 aromatic heterocycles. The Labute approximate surface area is 390 Å². The molecule has 5 aromatic rings. The molecule has 5 N–H and O–H groups in total. The molecule has 2 fully saturated rings. The molecule has 3 unspecified atom stereocenters. The Hall–Kier alpha value is -5.99. The molecule has 17 nitrogen and oxygen atoms in total. The highest BCUT2D eigenvalue weighted by atomic mass is 16.5. The largest absolute Gasteiger partial charge is 0.477 e. The number of ether oxygens (including phenoxy) is 4. The van der Waals surface area contributed by atoms with Crippen LogP contribution in [0.2, 0.25) is 0 Å². The summed E-state index contributed by atoms with van der Waals surface area (Å²) in [6.07, 6.45) is 1.91. The number of nitrogens with one attached hydrogen (secondary N) is 4. The van der Waals surface area contributed by atoms with E-state index in [0.717, 1.165) is 33.6 Å². The standard InChI is InChI=1S/C50H59N9O8/c60-45(59-34-38-8-1-2-10-40(38)46-47(55-56-54-46)41-11-3-4-14-44(41)59)19-21-52-49(61)37-17-15-36(16-18-37)48(42-12-5-6-20-51-42)58-24-28-66-32-30-64-26-22-57(23-27-65-31-33-67-29-25-58)35-39-9-7-13-43(53-39)50(62)63/h1-18,20,46-48,54-56H,19,21-35H2,(H,52,61)(H,62,63). The molecule has 2 saturated heterocycles. The van der Waals surface area contributed by atoms with Crippen molar-refractivity contribution >= 4 is 23.5 Å². The van der Waals surface area contributed by atoms with Crippen molar-refractivity contribution in [3.63, 3.8) is 0 Å². The quantitative estimate of drug-likeness (QED) is 0.134. The topological polar surface area (TPSA) is 192 Å². The van der Waals surface area contributed by atoms with Crippen LogP contribution in [0.1, 0.15) is 79.0 Å². The van der Waals surface area contributed by atoms with Gasteiger partial charge in [-0.05, 0) is 64.7 Å². The average Bonchev–Trinajstić information content (AvgIpc) is 3.84. The number of hydrogen-bond acceptors (Lipinski definition) is 14. The predicted molar refractivity (Wildman–Crippen MR) is 250 cm³/mol. The van der Waals surface area contributed by atoms with Crippen LogP contribution in [0.5, 0.6) is 0 Å². The molecule has 3 atom stereocenters. The van der Waals surface area contributed by atoms with Gasteiger partial charge in [-0.1, -0.05) is 66.7 Å². The number of anilines is 1. The molecule has 5 heterocycles. The fourth-order valence-corrected chi connectivity index (χ4v) is 8.73. The molecule has 3 aliphatic rings. The van der Waals surface area contributed by atoms with E-state index in [1.165, 1.54) is 6.07 Å². The Balaban J connectivity index is 0.875. The third-order valence-electron chi connectivity index (χ3n) is 12.1. The van der Waals surface area contributed by atoms with Gasteiger partial charge >= 0.3 is 5.97 Å². The first-order chi connectivity index (χ1) is 32.9. The number of aromatic nitrogens is 2. The summed E-state index contributed by atoms with van der Waals surface area (Å²) in [5.41, 5.74) is 16.8. The number of aromatic carboxylic acids is 1. The second kappa shape index (κ2) is 24.2. The summed E-state index contributed by atoms with van der Waals surface area (Å²) in [5, 5.41) is 12.4. The highest BCUT2D eigenvalue weighted by Crippen LogP contribution is 2.40. The van der Waals surface area contributed by atoms with E-state index < -0.39 is 5.97 Å². The van der Waals surface area contributed by atoms with Gasteiger partial charge in [-0.2, -0.15) is 5.53 Å². The molecule has 0 bridgehead atoms. The van der Waals surface area contributed by atoms with Crippen molar-refractivity contribution in [2.45, 2.75) is 37.6 Å². The first-order valence-electron chi connectivity index (χ1n) is 22.9. The van der Waals surface area contributed by atoms with Crippen LogP contribution in [0.3, 0.4) is 0 Å². The number of carboxylic acids is 1. The Morgan fingerprint density at radius 1 is 0.701 bits per heavy atom. The normalized spacial score (nSPS) is 19.9. The smallest absolute Gasteiger partial charge is 0.354 e. The molecule has 352 valence electrons. The molecule has 0 aliphatic carbocycles. The number of rotatable bonds is 10. The molecule has 17 heteroatoms. The number of hydrazine groups is 2. The van der Waals surface area contributed by atoms with E-state index in [9.17, 15) is 19.5 Å². The van der Waals surface area contributed by atoms with E-state index in [1.54, 1.807) is 12.3 Å². The summed E-state index contributed by atoms with van der Waals surface area (Å²) in [6, 6.07) is 34.2. The van der Waals surface area contributed by atoms with Crippen LogP contribution in [0, 0.1) is 0 Å². The van der Waals surface area contributed by atoms with Gasteiger partial charge in [0.1, 0.15) is 5.69 Å². The SMILES string of the molecule is O=C(NCCC(=O)N1Cc2ccccc2C2NNNC2c2ccccc21)c1ccc(C(c2ccccn2)N2CCOCCOCCN(Cc3cccc(C(=O)O)n3)CCOCCOCC2)cc1. The Kier molecular flexibility index (Phi) is 17.1. The van der Waals surface area contributed by atoms with Crippen molar-refractivity contribution in [3.8, 4) is 0 Å². The summed E-state index contributed by atoms with van der Waals surface area (Å²) in [6.45, 7) is 6.87. The van der Waals surface area contributed by atoms with Crippen LogP contribution in [-0.4, -0.2) is 128 Å². The van der Waals surface area contributed by atoms with E-state index in [4.69, 9.17) is 23.9 Å². The maximum atomic E-state index is 14.0. The van der Waals surface area contributed by atoms with Crippen LogP contribution < -0.4 is 26.6 Å². The maximum absolute atomic E-state index is 14.0. The van der Waals surface area contributed by atoms with Gasteiger partial charge in [-0.25, -0.2) is 20.6 Å². The van der Waals surface area contributed by atoms with Crippen molar-refractivity contribution in [1.29, 1.82) is 0 Å². The van der Waals surface area contributed by atoms with Gasteiger partial charge in [0, 0.05) is 63.1 Å². The fourth-order valence-electron chi connectivity index (χ4n) is 8.73. The van der Waals surface area contributed by atoms with E-state index in [2.05, 4.69) is 48.6 Å². The summed E-state index contributed by atoms with van der Waals surface area (Å²) < 4.78 is 24.0. The number of para-hydroxylation sites is 1. The minimum absolute atomic E-state index is 0.00927. The predicted octanol–water partition coefficient (Wildman–Crippen LogP) is 4.21. The molecule has 0 saturated carbocycles. The molecule has 0 radical (unpaired) electrons. The highest BCUT2D eigenvalue weighted by Gasteiger charge is 2.36. The van der Waals surface area contributed by atoms with Crippen molar-refractivity contribution in [2.24, 2.45) is 0 Å². The number of hydrogen-bond donors (Lipinski definition) is 5. The third-order valence-corrected chi connectivity index (χ3v) is 12.1. The molecule has 3 aliphatic heterocycles. The fraction of sp³-hybridized carbons (Fsp3) is 0.380. The van der Waals surface area contributed by atoms with Gasteiger partial charge in [0.05, 0.1) is 88.9 Å².